The van der Waals surface area contributed by atoms with Crippen LogP contribution in [-0.2, 0) is 17.1 Å². The maximum atomic E-state index is 14.1. The van der Waals surface area contributed by atoms with Crippen LogP contribution in [0, 0.1) is 0 Å². The van der Waals surface area contributed by atoms with E-state index >= 15 is 0 Å². The van der Waals surface area contributed by atoms with Crippen LogP contribution in [0.1, 0.15) is 203 Å². The Morgan fingerprint density at radius 1 is 0.238 bits per heavy atom. The molecule has 0 bridgehead atoms. The molecule has 3 heteroatoms. The second-order valence-corrected chi connectivity index (χ2v) is 19.8. The standard InChI is InChI=1S/2C30H38O.Fe/c2*1-18(2)22-12-9-13-23(19(3)4)28(22)26-16-11-17-27(30(26)31)29-24(20(5)6)14-10-15-25(29)21(7)8;/h2*9-21,31H,1-8H3;/q;;+2/p-2. The average molecular weight is 883 g/mol. The third-order valence-corrected chi connectivity index (χ3v) is 12.6. The summed E-state index contributed by atoms with van der Waals surface area (Å²) < 4.78 is 0. The smallest absolute Gasteiger partial charge is 0.872 e. The van der Waals surface area contributed by atoms with Crippen molar-refractivity contribution in [3.63, 3.8) is 0 Å². The Morgan fingerprint density at radius 2 is 0.365 bits per heavy atom. The van der Waals surface area contributed by atoms with Crippen LogP contribution in [-0.4, -0.2) is 0 Å². The third kappa shape index (κ3) is 10.9. The number of rotatable bonds is 12. The second kappa shape index (κ2) is 21.9. The van der Waals surface area contributed by atoms with Crippen molar-refractivity contribution in [2.45, 2.75) is 158 Å². The van der Waals surface area contributed by atoms with Crippen molar-refractivity contribution in [1.29, 1.82) is 0 Å². The van der Waals surface area contributed by atoms with Crippen LogP contribution in [0.4, 0.5) is 0 Å². The first kappa shape index (κ1) is 51.1. The first-order chi connectivity index (χ1) is 29.3. The van der Waals surface area contributed by atoms with E-state index in [1.165, 1.54) is 44.5 Å². The summed E-state index contributed by atoms with van der Waals surface area (Å²) >= 11 is 0. The van der Waals surface area contributed by atoms with Crippen molar-refractivity contribution in [2.24, 2.45) is 0 Å². The van der Waals surface area contributed by atoms with Gasteiger partial charge in [0.05, 0.1) is 0 Å². The molecule has 0 spiro atoms. The van der Waals surface area contributed by atoms with Crippen molar-refractivity contribution in [2.75, 3.05) is 0 Å². The largest absolute Gasteiger partial charge is 2.00 e. The normalized spacial score (nSPS) is 11.7. The van der Waals surface area contributed by atoms with Crippen molar-refractivity contribution in [3.05, 3.63) is 154 Å². The van der Waals surface area contributed by atoms with Crippen LogP contribution < -0.4 is 10.2 Å². The topological polar surface area (TPSA) is 46.1 Å². The summed E-state index contributed by atoms with van der Waals surface area (Å²) in [6.45, 7) is 35.4. The molecule has 0 unspecified atom stereocenters. The summed E-state index contributed by atoms with van der Waals surface area (Å²) in [4.78, 5) is 0. The summed E-state index contributed by atoms with van der Waals surface area (Å²) in [5, 5.41) is 28.1. The van der Waals surface area contributed by atoms with E-state index < -0.39 is 0 Å². The number of benzene rings is 6. The van der Waals surface area contributed by atoms with Crippen LogP contribution in [0.15, 0.2) is 109 Å². The van der Waals surface area contributed by atoms with Gasteiger partial charge in [0, 0.05) is 0 Å². The molecule has 0 saturated carbocycles. The SMILES string of the molecule is CC(C)c1cccc(C(C)C)c1-c1cccc(-c2c(C(C)C)cccc2C(C)C)c1[O-].CC(C)c1cccc(C(C)C)c1-c1cccc(-c2c(C(C)C)cccc2C(C)C)c1[O-].[Fe+2]. The molecule has 0 radical (unpaired) electrons. The second-order valence-electron chi connectivity index (χ2n) is 19.8. The van der Waals surface area contributed by atoms with Gasteiger partial charge < -0.3 is 10.2 Å². The molecule has 0 saturated heterocycles. The van der Waals surface area contributed by atoms with E-state index in [0.29, 0.717) is 47.3 Å². The Labute approximate surface area is 393 Å². The third-order valence-electron chi connectivity index (χ3n) is 12.6. The fraction of sp³-hybridized carbons (Fsp3) is 0.400. The van der Waals surface area contributed by atoms with E-state index in [-0.39, 0.29) is 28.6 Å². The maximum Gasteiger partial charge on any atom is 2.00 e. The molecule has 334 valence electrons. The van der Waals surface area contributed by atoms with Gasteiger partial charge in [-0.2, -0.15) is 0 Å². The van der Waals surface area contributed by atoms with Crippen LogP contribution >= 0.6 is 0 Å². The van der Waals surface area contributed by atoms with Gasteiger partial charge in [0.15, 0.2) is 0 Å². The van der Waals surface area contributed by atoms with Gasteiger partial charge in [0.25, 0.3) is 0 Å². The van der Waals surface area contributed by atoms with Crippen molar-refractivity contribution in [1.82, 2.24) is 0 Å². The molecule has 63 heavy (non-hydrogen) atoms. The Hall–Kier alpha value is -4.56. The summed E-state index contributed by atoms with van der Waals surface area (Å²) in [7, 11) is 0. The summed E-state index contributed by atoms with van der Waals surface area (Å²) in [6, 6.07) is 38.2. The quantitative estimate of drug-likeness (QED) is 0.115. The van der Waals surface area contributed by atoms with E-state index in [1.807, 2.05) is 24.3 Å². The van der Waals surface area contributed by atoms with Crippen LogP contribution in [0.3, 0.4) is 0 Å². The van der Waals surface area contributed by atoms with Gasteiger partial charge in [-0.15, -0.1) is 0 Å². The molecule has 0 amide bonds. The minimum atomic E-state index is 0. The van der Waals surface area contributed by atoms with Gasteiger partial charge in [0.2, 0.25) is 0 Å². The number of para-hydroxylation sites is 2. The minimum absolute atomic E-state index is 0. The van der Waals surface area contributed by atoms with Crippen molar-refractivity contribution < 1.29 is 27.3 Å². The predicted molar refractivity (Wildman–Crippen MR) is 266 cm³/mol. The zero-order chi connectivity index (χ0) is 45.7. The van der Waals surface area contributed by atoms with Gasteiger partial charge in [-0.3, -0.25) is 0 Å². The Kier molecular flexibility index (Phi) is 17.7. The van der Waals surface area contributed by atoms with Gasteiger partial charge in [-0.25, -0.2) is 0 Å². The molecule has 0 aliphatic heterocycles. The molecule has 0 aliphatic rings. The molecular weight excluding hydrogens is 809 g/mol. The van der Waals surface area contributed by atoms with E-state index in [9.17, 15) is 10.2 Å². The molecule has 0 aromatic heterocycles. The summed E-state index contributed by atoms with van der Waals surface area (Å²) in [6.07, 6.45) is 0. The van der Waals surface area contributed by atoms with E-state index in [0.717, 1.165) is 44.5 Å². The van der Waals surface area contributed by atoms with Crippen molar-refractivity contribution in [3.8, 4) is 56.0 Å². The molecule has 0 aliphatic carbocycles. The van der Waals surface area contributed by atoms with Gasteiger partial charge in [-0.1, -0.05) is 231 Å². The average Bonchev–Trinajstić information content (AvgIpc) is 3.22. The molecule has 0 heterocycles. The van der Waals surface area contributed by atoms with Crippen LogP contribution in [0.25, 0.3) is 44.5 Å². The molecule has 6 aromatic rings. The number of hydrogen-bond donors (Lipinski definition) is 0. The fourth-order valence-electron chi connectivity index (χ4n) is 9.31. The summed E-state index contributed by atoms with van der Waals surface area (Å²) in [5.74, 6) is 3.11. The Bertz CT molecular complexity index is 2020. The summed E-state index contributed by atoms with van der Waals surface area (Å²) in [5.41, 5.74) is 17.9. The van der Waals surface area contributed by atoms with Crippen molar-refractivity contribution >= 4 is 0 Å². The van der Waals surface area contributed by atoms with Gasteiger partial charge in [-0.05, 0) is 136 Å². The van der Waals surface area contributed by atoms with E-state index in [2.05, 4.69) is 196 Å². The first-order valence-electron chi connectivity index (χ1n) is 23.4. The molecular formula is C60H74FeO2. The monoisotopic (exact) mass is 883 g/mol. The van der Waals surface area contributed by atoms with E-state index in [4.69, 9.17) is 0 Å². The zero-order valence-electron chi connectivity index (χ0n) is 41.2. The Balaban J connectivity index is 0.000000272. The van der Waals surface area contributed by atoms with Gasteiger partial charge in [0.1, 0.15) is 0 Å². The predicted octanol–water partition coefficient (Wildman–Crippen LogP) is 17.2. The van der Waals surface area contributed by atoms with Gasteiger partial charge >= 0.3 is 17.1 Å². The fourth-order valence-corrected chi connectivity index (χ4v) is 9.31. The molecule has 6 aromatic carbocycles. The zero-order valence-corrected chi connectivity index (χ0v) is 42.3. The van der Waals surface area contributed by atoms with Crippen LogP contribution in [0.5, 0.6) is 11.5 Å². The molecule has 0 atom stereocenters. The molecule has 6 rings (SSSR count). The minimum Gasteiger partial charge on any atom is -0.872 e. The van der Waals surface area contributed by atoms with E-state index in [1.54, 1.807) is 0 Å². The Morgan fingerprint density at radius 3 is 0.492 bits per heavy atom. The molecule has 2 nitrogen and oxygen atoms in total. The molecule has 0 fully saturated rings. The first-order valence-corrected chi connectivity index (χ1v) is 23.4. The number of hydrogen-bond acceptors (Lipinski definition) is 2. The maximum absolute atomic E-state index is 14.1. The van der Waals surface area contributed by atoms with Crippen LogP contribution in [0.2, 0.25) is 0 Å². The molecule has 0 N–H and O–H groups in total.